The number of anilines is 1. The van der Waals surface area contributed by atoms with Crippen molar-refractivity contribution < 1.29 is 14.7 Å². The number of hydrogen-bond acceptors (Lipinski definition) is 6. The molecular weight excluding hydrogens is 462 g/mol. The third-order valence-corrected chi connectivity index (χ3v) is 6.18. The Morgan fingerprint density at radius 2 is 1.74 bits per heavy atom. The number of Topliss-reactive ketones (excluding diaryl/α,β-unsaturated/α-hetero) is 2. The van der Waals surface area contributed by atoms with Crippen LogP contribution in [0.1, 0.15) is 61.0 Å². The van der Waals surface area contributed by atoms with Gasteiger partial charge in [0, 0.05) is 46.0 Å². The highest BCUT2D eigenvalue weighted by Gasteiger charge is 2.18. The number of fused-ring (bicyclic) bond motifs is 1. The Kier molecular flexibility index (Phi) is 9.00. The lowest BCUT2D eigenvalue weighted by Gasteiger charge is -2.15. The highest BCUT2D eigenvalue weighted by molar-refractivity contribution is 6.31. The molecule has 5 N–H and O–H groups in total. The second-order valence-corrected chi connectivity index (χ2v) is 9.40. The van der Waals surface area contributed by atoms with Crippen LogP contribution in [0.2, 0.25) is 5.02 Å². The number of aliphatic hydroxyl groups is 1. The summed E-state index contributed by atoms with van der Waals surface area (Å²) in [5, 5.41) is 12.5. The van der Waals surface area contributed by atoms with Gasteiger partial charge in [0.1, 0.15) is 11.6 Å². The molecule has 7 heteroatoms. The maximum Gasteiger partial charge on any atom is 0.162 e. The summed E-state index contributed by atoms with van der Waals surface area (Å²) in [7, 11) is 0. The van der Waals surface area contributed by atoms with Gasteiger partial charge in [0.2, 0.25) is 0 Å². The lowest BCUT2D eigenvalue weighted by molar-refractivity contribution is -0.121. The molecule has 35 heavy (non-hydrogen) atoms. The molecule has 3 rings (SSSR count). The molecule has 2 aromatic carbocycles. The molecule has 0 fully saturated rings. The van der Waals surface area contributed by atoms with Gasteiger partial charge >= 0.3 is 0 Å². The van der Waals surface area contributed by atoms with Crippen molar-refractivity contribution in [3.63, 3.8) is 0 Å². The number of nitrogens with two attached hydrogens (primary N) is 2. The predicted octanol–water partition coefficient (Wildman–Crippen LogP) is 4.53. The quantitative estimate of drug-likeness (QED) is 0.299. The van der Waals surface area contributed by atoms with E-state index in [2.05, 4.69) is 16.8 Å². The first kappa shape index (κ1) is 26.4. The number of ketones is 2. The van der Waals surface area contributed by atoms with Crippen LogP contribution < -0.4 is 11.5 Å². The Hall–Kier alpha value is -3.24. The topological polar surface area (TPSA) is 119 Å². The predicted molar refractivity (Wildman–Crippen MR) is 140 cm³/mol. The van der Waals surface area contributed by atoms with Crippen molar-refractivity contribution in [2.24, 2.45) is 11.7 Å². The van der Waals surface area contributed by atoms with E-state index in [9.17, 15) is 14.7 Å². The third-order valence-electron chi connectivity index (χ3n) is 5.94. The smallest absolute Gasteiger partial charge is 0.162 e. The van der Waals surface area contributed by atoms with Crippen LogP contribution in [-0.2, 0) is 4.79 Å². The number of hydrogen-bond donors (Lipinski definition) is 3. The Labute approximate surface area is 210 Å². The zero-order valence-electron chi connectivity index (χ0n) is 19.9. The highest BCUT2D eigenvalue weighted by Crippen LogP contribution is 2.25. The van der Waals surface area contributed by atoms with Crippen molar-refractivity contribution in [3.05, 3.63) is 70.4 Å². The molecular formula is C28H30ClN3O3. The Bertz CT molecular complexity index is 1270. The first-order valence-corrected chi connectivity index (χ1v) is 12.0. The second-order valence-electron chi connectivity index (χ2n) is 8.97. The number of rotatable bonds is 9. The fourth-order valence-electron chi connectivity index (χ4n) is 3.64. The maximum absolute atomic E-state index is 12.5. The number of carbonyl (C=O) groups is 2. The van der Waals surface area contributed by atoms with E-state index in [0.29, 0.717) is 34.8 Å². The molecule has 0 aliphatic carbocycles. The van der Waals surface area contributed by atoms with E-state index in [1.54, 1.807) is 36.5 Å². The van der Waals surface area contributed by atoms with Crippen LogP contribution in [0, 0.1) is 17.8 Å². The number of aliphatic hydroxyl groups excluding tert-OH is 1. The zero-order valence-corrected chi connectivity index (χ0v) is 20.7. The van der Waals surface area contributed by atoms with E-state index in [1.807, 2.05) is 26.0 Å². The van der Waals surface area contributed by atoms with Gasteiger partial charge in [-0.3, -0.25) is 9.59 Å². The minimum atomic E-state index is -0.722. The summed E-state index contributed by atoms with van der Waals surface area (Å²) in [6.45, 7) is 3.78. The Morgan fingerprint density at radius 1 is 1.06 bits per heavy atom. The van der Waals surface area contributed by atoms with Gasteiger partial charge in [-0.15, -0.1) is 0 Å². The number of nitrogen functional groups attached to an aromatic ring is 1. The molecule has 0 aliphatic rings. The molecule has 182 valence electrons. The average Bonchev–Trinajstić information content (AvgIpc) is 2.84. The van der Waals surface area contributed by atoms with Crippen molar-refractivity contribution in [2.45, 2.75) is 51.7 Å². The summed E-state index contributed by atoms with van der Waals surface area (Å²) in [6.07, 6.45) is 1.96. The van der Waals surface area contributed by atoms with E-state index in [-0.39, 0.29) is 30.3 Å². The van der Waals surface area contributed by atoms with Gasteiger partial charge in [-0.1, -0.05) is 55.5 Å². The standard InChI is InChI=1S/C28H30ClN3O3/c1-17(2)27(30)26(35)14-11-22(33)10-13-25(34)19-6-3-18(4-7-19)5-12-23-24-15-21(29)9-8-20(24)16-32-28(23)31/h3-4,6-9,15-17,22,27,33H,10-11,13-14,30H2,1-2H3,(H2,31,32). The number of halogens is 1. The number of carbonyl (C=O) groups excluding carboxylic acids is 2. The molecule has 1 heterocycles. The molecule has 2 atom stereocenters. The van der Waals surface area contributed by atoms with Crippen molar-refractivity contribution in [3.8, 4) is 11.8 Å². The van der Waals surface area contributed by atoms with Crippen LogP contribution >= 0.6 is 11.6 Å². The number of aromatic nitrogens is 1. The van der Waals surface area contributed by atoms with Crippen LogP contribution in [0.25, 0.3) is 10.8 Å². The first-order valence-electron chi connectivity index (χ1n) is 11.6. The number of benzene rings is 2. The van der Waals surface area contributed by atoms with Crippen molar-refractivity contribution in [1.82, 2.24) is 4.98 Å². The SMILES string of the molecule is CC(C)C(N)C(=O)CCC(O)CCC(=O)c1ccc(C#Cc2c(N)ncc3ccc(Cl)cc23)cc1. The van der Waals surface area contributed by atoms with Gasteiger partial charge in [0.05, 0.1) is 17.7 Å². The molecule has 0 spiro atoms. The van der Waals surface area contributed by atoms with Crippen LogP contribution in [0.5, 0.6) is 0 Å². The molecule has 6 nitrogen and oxygen atoms in total. The van der Waals surface area contributed by atoms with Crippen molar-refractivity contribution in [2.75, 3.05) is 5.73 Å². The van der Waals surface area contributed by atoms with Crippen LogP contribution in [0.3, 0.4) is 0 Å². The van der Waals surface area contributed by atoms with Crippen LogP contribution in [-0.4, -0.2) is 33.8 Å². The number of pyridine rings is 1. The Balaban J connectivity index is 1.59. The second kappa shape index (κ2) is 11.9. The summed E-state index contributed by atoms with van der Waals surface area (Å²) < 4.78 is 0. The van der Waals surface area contributed by atoms with E-state index in [1.165, 1.54) is 0 Å². The van der Waals surface area contributed by atoms with E-state index in [4.69, 9.17) is 23.1 Å². The summed E-state index contributed by atoms with van der Waals surface area (Å²) >= 11 is 6.13. The molecule has 0 aliphatic heterocycles. The largest absolute Gasteiger partial charge is 0.393 e. The van der Waals surface area contributed by atoms with Gasteiger partial charge in [-0.2, -0.15) is 0 Å². The van der Waals surface area contributed by atoms with Crippen LogP contribution in [0.15, 0.2) is 48.7 Å². The van der Waals surface area contributed by atoms with Crippen LogP contribution in [0.4, 0.5) is 5.82 Å². The summed E-state index contributed by atoms with van der Waals surface area (Å²) in [5.74, 6) is 6.39. The summed E-state index contributed by atoms with van der Waals surface area (Å²) in [4.78, 5) is 28.7. The minimum absolute atomic E-state index is 0.0634. The molecule has 0 saturated carbocycles. The summed E-state index contributed by atoms with van der Waals surface area (Å²) in [6, 6.07) is 11.9. The lowest BCUT2D eigenvalue weighted by Crippen LogP contribution is -2.35. The molecule has 1 aromatic heterocycles. The van der Waals surface area contributed by atoms with E-state index >= 15 is 0 Å². The van der Waals surface area contributed by atoms with Crippen molar-refractivity contribution in [1.29, 1.82) is 0 Å². The highest BCUT2D eigenvalue weighted by atomic mass is 35.5. The molecule has 3 aromatic rings. The van der Waals surface area contributed by atoms with Gasteiger partial charge in [-0.05, 0) is 43.0 Å². The normalized spacial score (nSPS) is 12.7. The van der Waals surface area contributed by atoms with E-state index < -0.39 is 12.1 Å². The number of nitrogens with zero attached hydrogens (tertiary/aromatic N) is 1. The Morgan fingerprint density at radius 3 is 2.43 bits per heavy atom. The third kappa shape index (κ3) is 7.12. The van der Waals surface area contributed by atoms with Gasteiger partial charge in [0.25, 0.3) is 0 Å². The lowest BCUT2D eigenvalue weighted by atomic mass is 9.95. The monoisotopic (exact) mass is 491 g/mol. The van der Waals surface area contributed by atoms with Gasteiger partial charge < -0.3 is 16.6 Å². The fourth-order valence-corrected chi connectivity index (χ4v) is 3.81. The molecule has 0 radical (unpaired) electrons. The molecule has 0 saturated heterocycles. The molecule has 2 unspecified atom stereocenters. The zero-order chi connectivity index (χ0) is 25.5. The minimum Gasteiger partial charge on any atom is -0.393 e. The first-order chi connectivity index (χ1) is 16.7. The van der Waals surface area contributed by atoms with Gasteiger partial charge in [0.15, 0.2) is 5.78 Å². The van der Waals surface area contributed by atoms with E-state index in [0.717, 1.165) is 16.3 Å². The fraction of sp³-hybridized carbons (Fsp3) is 0.321. The molecule has 0 amide bonds. The van der Waals surface area contributed by atoms with Gasteiger partial charge in [-0.25, -0.2) is 4.98 Å². The maximum atomic E-state index is 12.5. The summed E-state index contributed by atoms with van der Waals surface area (Å²) in [5.41, 5.74) is 13.7. The molecule has 0 bridgehead atoms. The average molecular weight is 492 g/mol. The van der Waals surface area contributed by atoms with Crippen molar-refractivity contribution >= 4 is 39.8 Å².